The zero-order valence-corrected chi connectivity index (χ0v) is 13.4. The van der Waals surface area contributed by atoms with E-state index in [1.54, 1.807) is 0 Å². The monoisotopic (exact) mass is 344 g/mol. The number of hydrogen-bond donors (Lipinski definition) is 1. The molecule has 0 saturated carbocycles. The van der Waals surface area contributed by atoms with Gasteiger partial charge in [-0.2, -0.15) is 13.2 Å². The van der Waals surface area contributed by atoms with E-state index in [9.17, 15) is 13.2 Å². The van der Waals surface area contributed by atoms with Crippen molar-refractivity contribution in [2.24, 2.45) is 0 Å². The van der Waals surface area contributed by atoms with Crippen molar-refractivity contribution in [3.8, 4) is 5.75 Å². The molecule has 126 valence electrons. The summed E-state index contributed by atoms with van der Waals surface area (Å²) in [6.45, 7) is 0.750. The lowest BCUT2D eigenvalue weighted by Gasteiger charge is -2.20. The fourth-order valence-corrected chi connectivity index (χ4v) is 2.12. The summed E-state index contributed by atoms with van der Waals surface area (Å²) in [5.41, 5.74) is 0.323. The molecule has 23 heavy (non-hydrogen) atoms. The van der Waals surface area contributed by atoms with E-state index in [1.165, 1.54) is 12.1 Å². The Kier molecular flexibility index (Phi) is 7.39. The molecule has 2 aromatic carbocycles. The second-order valence-electron chi connectivity index (χ2n) is 4.93. The van der Waals surface area contributed by atoms with Gasteiger partial charge in [0.1, 0.15) is 11.9 Å². The maximum atomic E-state index is 12.6. The van der Waals surface area contributed by atoms with E-state index in [0.717, 1.165) is 30.7 Å². The molecule has 6 heteroatoms. The highest BCUT2D eigenvalue weighted by molar-refractivity contribution is 5.30. The van der Waals surface area contributed by atoms with Crippen molar-refractivity contribution in [2.75, 3.05) is 13.6 Å². The maximum Gasteiger partial charge on any atom is 0.416 e. The van der Waals surface area contributed by atoms with Crippen molar-refractivity contribution in [1.82, 2.24) is 5.32 Å². The first kappa shape index (κ1) is 19.3. The van der Waals surface area contributed by atoms with Gasteiger partial charge < -0.3 is 22.5 Å². The third-order valence-corrected chi connectivity index (χ3v) is 3.29. The van der Waals surface area contributed by atoms with Crippen LogP contribution in [0.1, 0.15) is 23.7 Å². The van der Waals surface area contributed by atoms with Crippen LogP contribution in [0, 0.1) is 0 Å². The Bertz CT molecular complexity index is 573. The molecule has 1 N–H and O–H groups in total. The van der Waals surface area contributed by atoms with Gasteiger partial charge in [0, 0.05) is 6.42 Å². The molecule has 0 aliphatic heterocycles. The van der Waals surface area contributed by atoms with Crippen LogP contribution in [0.2, 0.25) is 0 Å². The smallest absolute Gasteiger partial charge is 0.416 e. The van der Waals surface area contributed by atoms with E-state index >= 15 is 0 Å². The van der Waals surface area contributed by atoms with E-state index in [2.05, 4.69) is 5.32 Å². The summed E-state index contributed by atoms with van der Waals surface area (Å²) in [4.78, 5) is 0. The molecule has 2 rings (SSSR count). The maximum absolute atomic E-state index is 12.6. The van der Waals surface area contributed by atoms with Crippen LogP contribution in [0.3, 0.4) is 0 Å². The minimum Gasteiger partial charge on any atom is -1.00 e. The quantitative estimate of drug-likeness (QED) is 0.856. The van der Waals surface area contributed by atoms with Crippen LogP contribution < -0.4 is 22.5 Å². The first-order valence-corrected chi connectivity index (χ1v) is 7.04. The third-order valence-electron chi connectivity index (χ3n) is 3.29. The van der Waals surface area contributed by atoms with E-state index < -0.39 is 11.7 Å². The van der Waals surface area contributed by atoms with Gasteiger partial charge in [0.05, 0.1) is 5.56 Å². The third kappa shape index (κ3) is 5.77. The summed E-state index contributed by atoms with van der Waals surface area (Å²) in [5.74, 6) is 0.429. The molecular formula is C17H18ClF3NO-. The number of rotatable bonds is 6. The summed E-state index contributed by atoms with van der Waals surface area (Å²) in [6.07, 6.45) is -3.81. The lowest BCUT2D eigenvalue weighted by molar-refractivity contribution is -0.137. The summed E-state index contributed by atoms with van der Waals surface area (Å²) in [5, 5.41) is 3.05. The van der Waals surface area contributed by atoms with E-state index in [1.807, 2.05) is 37.4 Å². The molecule has 0 radical (unpaired) electrons. The first-order chi connectivity index (χ1) is 10.5. The van der Waals surface area contributed by atoms with Crippen molar-refractivity contribution in [1.29, 1.82) is 0 Å². The van der Waals surface area contributed by atoms with Crippen molar-refractivity contribution in [2.45, 2.75) is 18.7 Å². The normalized spacial score (nSPS) is 12.3. The van der Waals surface area contributed by atoms with Gasteiger partial charge in [0.15, 0.2) is 0 Å². The van der Waals surface area contributed by atoms with Gasteiger partial charge in [-0.1, -0.05) is 30.3 Å². The molecule has 1 atom stereocenters. The Morgan fingerprint density at radius 3 is 2.13 bits per heavy atom. The molecule has 0 saturated heterocycles. The Labute approximate surface area is 140 Å². The Hall–Kier alpha value is -1.72. The average molecular weight is 345 g/mol. The molecule has 2 aromatic rings. The highest BCUT2D eigenvalue weighted by Crippen LogP contribution is 2.31. The summed E-state index contributed by atoms with van der Waals surface area (Å²) < 4.78 is 43.6. The number of nitrogens with one attached hydrogen (secondary N) is 1. The highest BCUT2D eigenvalue weighted by Gasteiger charge is 2.30. The van der Waals surface area contributed by atoms with Gasteiger partial charge in [-0.15, -0.1) is 0 Å². The Morgan fingerprint density at radius 1 is 1.00 bits per heavy atom. The largest absolute Gasteiger partial charge is 1.00 e. The van der Waals surface area contributed by atoms with Gasteiger partial charge in [0.25, 0.3) is 0 Å². The van der Waals surface area contributed by atoms with Crippen molar-refractivity contribution in [3.05, 3.63) is 65.7 Å². The topological polar surface area (TPSA) is 21.3 Å². The van der Waals surface area contributed by atoms with Crippen LogP contribution in [-0.2, 0) is 6.18 Å². The fraction of sp³-hybridized carbons (Fsp3) is 0.294. The number of halogens is 4. The minimum absolute atomic E-state index is 0. The number of ether oxygens (including phenoxy) is 1. The molecule has 1 unspecified atom stereocenters. The first-order valence-electron chi connectivity index (χ1n) is 7.04. The molecule has 0 amide bonds. The molecule has 0 heterocycles. The van der Waals surface area contributed by atoms with Crippen molar-refractivity contribution < 1.29 is 30.3 Å². The average Bonchev–Trinajstić information content (AvgIpc) is 2.52. The molecule has 0 fully saturated rings. The fourth-order valence-electron chi connectivity index (χ4n) is 2.12. The minimum atomic E-state index is -4.33. The van der Waals surface area contributed by atoms with Crippen LogP contribution >= 0.6 is 0 Å². The second-order valence-corrected chi connectivity index (χ2v) is 4.93. The van der Waals surface area contributed by atoms with Gasteiger partial charge in [0.2, 0.25) is 0 Å². The van der Waals surface area contributed by atoms with E-state index in [-0.39, 0.29) is 18.5 Å². The lowest BCUT2D eigenvalue weighted by atomic mass is 10.1. The van der Waals surface area contributed by atoms with Crippen molar-refractivity contribution >= 4 is 0 Å². The SMILES string of the molecule is CNCCC(Oc1ccc(C(F)(F)F)cc1)c1ccccc1.[Cl-]. The number of hydrogen-bond acceptors (Lipinski definition) is 2. The van der Waals surface area contributed by atoms with Gasteiger partial charge >= 0.3 is 6.18 Å². The summed E-state index contributed by atoms with van der Waals surface area (Å²) in [7, 11) is 1.85. The predicted molar refractivity (Wildman–Crippen MR) is 79.8 cm³/mol. The van der Waals surface area contributed by atoms with Crippen LogP contribution in [-0.4, -0.2) is 13.6 Å². The molecule has 2 nitrogen and oxygen atoms in total. The Balaban J connectivity index is 0.00000264. The number of benzene rings is 2. The summed E-state index contributed by atoms with van der Waals surface area (Å²) in [6, 6.07) is 14.4. The highest BCUT2D eigenvalue weighted by atomic mass is 35.5. The lowest BCUT2D eigenvalue weighted by Crippen LogP contribution is -3.00. The standard InChI is InChI=1S/C17H18F3NO.ClH/c1-21-12-11-16(13-5-3-2-4-6-13)22-15-9-7-14(8-10-15)17(18,19)20;/h2-10,16,21H,11-12H2,1H3;1H/p-1. The summed E-state index contributed by atoms with van der Waals surface area (Å²) >= 11 is 0. The predicted octanol–water partition coefficient (Wildman–Crippen LogP) is 1.44. The molecule has 0 aliphatic rings. The van der Waals surface area contributed by atoms with E-state index in [4.69, 9.17) is 4.74 Å². The molecule has 0 bridgehead atoms. The molecule has 0 spiro atoms. The van der Waals surface area contributed by atoms with Crippen LogP contribution in [0.4, 0.5) is 13.2 Å². The van der Waals surface area contributed by atoms with Gasteiger partial charge in [-0.3, -0.25) is 0 Å². The van der Waals surface area contributed by atoms with Gasteiger partial charge in [-0.25, -0.2) is 0 Å². The molecular weight excluding hydrogens is 327 g/mol. The molecule has 0 aromatic heterocycles. The van der Waals surface area contributed by atoms with Crippen LogP contribution in [0.5, 0.6) is 5.75 Å². The van der Waals surface area contributed by atoms with Crippen molar-refractivity contribution in [3.63, 3.8) is 0 Å². The van der Waals surface area contributed by atoms with Gasteiger partial charge in [-0.05, 0) is 43.4 Å². The Morgan fingerprint density at radius 2 is 1.61 bits per heavy atom. The second kappa shape index (κ2) is 8.79. The molecule has 0 aliphatic carbocycles. The van der Waals surface area contributed by atoms with Crippen LogP contribution in [0.15, 0.2) is 54.6 Å². The van der Waals surface area contributed by atoms with Crippen LogP contribution in [0.25, 0.3) is 0 Å². The van der Waals surface area contributed by atoms with E-state index in [0.29, 0.717) is 5.75 Å². The number of alkyl halides is 3. The zero-order valence-electron chi connectivity index (χ0n) is 12.6. The zero-order chi connectivity index (χ0) is 16.0.